The fourth-order valence-corrected chi connectivity index (χ4v) is 6.46. The lowest BCUT2D eigenvalue weighted by atomic mass is 9.90. The Morgan fingerprint density at radius 3 is 2.61 bits per heavy atom. The summed E-state index contributed by atoms with van der Waals surface area (Å²) in [4.78, 5) is 44.7. The molecule has 0 bridgehead atoms. The summed E-state index contributed by atoms with van der Waals surface area (Å²) in [5, 5.41) is 1.77. The van der Waals surface area contributed by atoms with Gasteiger partial charge in [0.05, 0.1) is 42.2 Å². The lowest BCUT2D eigenvalue weighted by molar-refractivity contribution is -0.139. The molecule has 0 aliphatic carbocycles. The summed E-state index contributed by atoms with van der Waals surface area (Å²) in [7, 11) is 2.89. The van der Waals surface area contributed by atoms with Crippen molar-refractivity contribution in [3.63, 3.8) is 0 Å². The van der Waals surface area contributed by atoms with Gasteiger partial charge in [0.2, 0.25) is 0 Å². The summed E-state index contributed by atoms with van der Waals surface area (Å²) < 4.78 is 24.0. The quantitative estimate of drug-likeness (QED) is 0.239. The van der Waals surface area contributed by atoms with Crippen molar-refractivity contribution in [2.24, 2.45) is 4.99 Å². The molecule has 222 valence electrons. The van der Waals surface area contributed by atoms with Crippen LogP contribution in [0.3, 0.4) is 0 Å². The number of aromatic nitrogens is 1. The van der Waals surface area contributed by atoms with E-state index in [1.165, 1.54) is 23.0 Å². The summed E-state index contributed by atoms with van der Waals surface area (Å²) in [6.07, 6.45) is 1.65. The molecule has 0 spiro atoms. The van der Waals surface area contributed by atoms with Gasteiger partial charge in [0, 0.05) is 17.2 Å². The molecule has 6 rings (SSSR count). The zero-order chi connectivity index (χ0) is 31.0. The second kappa shape index (κ2) is 11.8. The number of carbonyl (C=O) groups is 2. The van der Waals surface area contributed by atoms with E-state index in [4.69, 9.17) is 18.6 Å². The van der Waals surface area contributed by atoms with Gasteiger partial charge in [-0.15, -0.1) is 0 Å². The molecule has 1 aliphatic heterocycles. The molecule has 1 aliphatic rings. The fourth-order valence-electron chi connectivity index (χ4n) is 5.43. The molecular weight excluding hydrogens is 580 g/mol. The highest BCUT2D eigenvalue weighted by Gasteiger charge is 2.36. The van der Waals surface area contributed by atoms with E-state index in [2.05, 4.69) is 4.99 Å². The Hall–Kier alpha value is -5.22. The van der Waals surface area contributed by atoms with Crippen molar-refractivity contribution in [3.05, 3.63) is 121 Å². The summed E-state index contributed by atoms with van der Waals surface area (Å²) in [6, 6.07) is 21.1. The summed E-state index contributed by atoms with van der Waals surface area (Å²) in [5.74, 6) is 0.495. The Morgan fingerprint density at radius 2 is 1.84 bits per heavy atom. The minimum absolute atomic E-state index is 0.169. The number of furan rings is 1. The molecule has 3 heterocycles. The first-order valence-corrected chi connectivity index (χ1v) is 14.7. The number of rotatable bonds is 7. The number of nitrogens with zero attached hydrogens (tertiary/aromatic N) is 2. The Morgan fingerprint density at radius 1 is 1.02 bits per heavy atom. The minimum Gasteiger partial charge on any atom is -0.496 e. The van der Waals surface area contributed by atoms with E-state index >= 15 is 0 Å². The van der Waals surface area contributed by atoms with Crippen LogP contribution >= 0.6 is 11.3 Å². The van der Waals surface area contributed by atoms with Crippen LogP contribution in [0.15, 0.2) is 98.3 Å². The van der Waals surface area contributed by atoms with Crippen molar-refractivity contribution < 1.29 is 28.2 Å². The molecule has 3 aromatic carbocycles. The molecule has 0 amide bonds. The van der Waals surface area contributed by atoms with E-state index in [9.17, 15) is 14.4 Å². The SMILES string of the molecule is CCOC(=O)C1=C(C)N=c2s/c(=C/c3ccc(-c4cccc(C(=O)OC)c4)o3)c(=O)n2[C@@H]1c1c(OC)ccc2ccccc12. The van der Waals surface area contributed by atoms with Crippen LogP contribution < -0.4 is 19.6 Å². The minimum atomic E-state index is -0.846. The molecule has 1 atom stereocenters. The number of ether oxygens (including phenoxy) is 3. The first-order chi connectivity index (χ1) is 21.3. The second-order valence-corrected chi connectivity index (χ2v) is 11.0. The fraction of sp³-hybridized carbons (Fsp3) is 0.176. The first-order valence-electron chi connectivity index (χ1n) is 13.9. The average molecular weight is 609 g/mol. The molecule has 0 radical (unpaired) electrons. The zero-order valence-corrected chi connectivity index (χ0v) is 25.3. The van der Waals surface area contributed by atoms with E-state index in [0.29, 0.717) is 49.0 Å². The van der Waals surface area contributed by atoms with Crippen LogP contribution in [0.1, 0.15) is 41.6 Å². The maximum atomic E-state index is 14.2. The predicted octanol–water partition coefficient (Wildman–Crippen LogP) is 5.01. The average Bonchev–Trinajstić information content (AvgIpc) is 3.63. The molecule has 0 N–H and O–H groups in total. The van der Waals surface area contributed by atoms with E-state index in [-0.39, 0.29) is 17.7 Å². The third-order valence-electron chi connectivity index (χ3n) is 7.41. The van der Waals surface area contributed by atoms with Gasteiger partial charge >= 0.3 is 11.9 Å². The van der Waals surface area contributed by atoms with Crippen LogP contribution in [-0.2, 0) is 14.3 Å². The summed E-state index contributed by atoms with van der Waals surface area (Å²) in [6.45, 7) is 3.65. The van der Waals surface area contributed by atoms with Crippen molar-refractivity contribution >= 4 is 40.1 Å². The van der Waals surface area contributed by atoms with Crippen LogP contribution in [0.4, 0.5) is 0 Å². The van der Waals surface area contributed by atoms with Crippen molar-refractivity contribution in [1.82, 2.24) is 4.57 Å². The number of thiazole rings is 1. The Bertz CT molecular complexity index is 2150. The van der Waals surface area contributed by atoms with Gasteiger partial charge in [-0.1, -0.05) is 53.8 Å². The van der Waals surface area contributed by atoms with Crippen molar-refractivity contribution in [1.29, 1.82) is 0 Å². The van der Waals surface area contributed by atoms with Gasteiger partial charge in [-0.25, -0.2) is 14.6 Å². The highest BCUT2D eigenvalue weighted by molar-refractivity contribution is 7.07. The number of esters is 2. The number of benzene rings is 3. The molecule has 9 nitrogen and oxygen atoms in total. The van der Waals surface area contributed by atoms with Gasteiger partial charge < -0.3 is 18.6 Å². The molecule has 44 heavy (non-hydrogen) atoms. The second-order valence-electron chi connectivity index (χ2n) is 9.98. The standard InChI is InChI=1S/C34H28N2O7S/c1-5-42-33(39)28-19(2)35-34-36(30(28)29-24-12-7-6-9-20(24)13-15-26(29)40-3)31(37)27(44-34)18-23-14-16-25(43-23)21-10-8-11-22(17-21)32(38)41-4/h6-18,30H,5H2,1-4H3/b27-18+/t30-/m0/s1. The Balaban J connectivity index is 1.53. The van der Waals surface area contributed by atoms with Crippen LogP contribution in [0, 0.1) is 0 Å². The smallest absolute Gasteiger partial charge is 0.338 e. The van der Waals surface area contributed by atoms with E-state index in [0.717, 1.165) is 10.8 Å². The molecule has 0 fully saturated rings. The number of allylic oxidation sites excluding steroid dienone is 1. The van der Waals surface area contributed by atoms with Gasteiger partial charge in [0.25, 0.3) is 5.56 Å². The molecule has 0 saturated heterocycles. The molecule has 2 aromatic heterocycles. The molecule has 5 aromatic rings. The van der Waals surface area contributed by atoms with Gasteiger partial charge in [-0.05, 0) is 55.0 Å². The normalized spacial score (nSPS) is 14.7. The van der Waals surface area contributed by atoms with Gasteiger partial charge in [0.15, 0.2) is 4.80 Å². The van der Waals surface area contributed by atoms with E-state index < -0.39 is 18.0 Å². The number of fused-ring (bicyclic) bond motifs is 2. The Kier molecular flexibility index (Phi) is 7.75. The van der Waals surface area contributed by atoms with Crippen molar-refractivity contribution in [3.8, 4) is 17.1 Å². The monoisotopic (exact) mass is 608 g/mol. The molecule has 10 heteroatoms. The number of hydrogen-bond acceptors (Lipinski definition) is 9. The summed E-state index contributed by atoms with van der Waals surface area (Å²) in [5.41, 5.74) is 2.14. The van der Waals surface area contributed by atoms with Crippen LogP contribution in [0.5, 0.6) is 5.75 Å². The van der Waals surface area contributed by atoms with Gasteiger partial charge in [-0.2, -0.15) is 0 Å². The van der Waals surface area contributed by atoms with E-state index in [1.807, 2.05) is 42.5 Å². The Labute approximate surface area is 255 Å². The third-order valence-corrected chi connectivity index (χ3v) is 8.39. The highest BCUT2D eigenvalue weighted by Crippen LogP contribution is 2.40. The number of hydrogen-bond donors (Lipinski definition) is 0. The van der Waals surface area contributed by atoms with E-state index in [1.54, 1.807) is 57.4 Å². The van der Waals surface area contributed by atoms with Crippen LogP contribution in [-0.4, -0.2) is 37.3 Å². The van der Waals surface area contributed by atoms with Crippen LogP contribution in [0.25, 0.3) is 28.2 Å². The maximum Gasteiger partial charge on any atom is 0.338 e. The number of carbonyl (C=O) groups excluding carboxylic acids is 2. The molecule has 0 saturated carbocycles. The lowest BCUT2D eigenvalue weighted by Crippen LogP contribution is -2.40. The maximum absolute atomic E-state index is 14.2. The number of methoxy groups -OCH3 is 2. The topological polar surface area (TPSA) is 109 Å². The third kappa shape index (κ3) is 5.03. The molecular formula is C34H28N2O7S. The lowest BCUT2D eigenvalue weighted by Gasteiger charge is -2.27. The van der Waals surface area contributed by atoms with Crippen molar-refractivity contribution in [2.75, 3.05) is 20.8 Å². The van der Waals surface area contributed by atoms with Gasteiger partial charge in [0.1, 0.15) is 23.3 Å². The first kappa shape index (κ1) is 28.9. The van der Waals surface area contributed by atoms with Gasteiger partial charge in [-0.3, -0.25) is 9.36 Å². The molecule has 0 unspecified atom stereocenters. The van der Waals surface area contributed by atoms with Crippen LogP contribution in [0.2, 0.25) is 0 Å². The highest BCUT2D eigenvalue weighted by atomic mass is 32.1. The zero-order valence-electron chi connectivity index (χ0n) is 24.5. The largest absolute Gasteiger partial charge is 0.496 e. The summed E-state index contributed by atoms with van der Waals surface area (Å²) >= 11 is 1.20. The van der Waals surface area contributed by atoms with Crippen molar-refractivity contribution in [2.45, 2.75) is 19.9 Å². The predicted molar refractivity (Wildman–Crippen MR) is 166 cm³/mol.